The van der Waals surface area contributed by atoms with Crippen LogP contribution >= 0.6 is 10.7 Å². The lowest BCUT2D eigenvalue weighted by atomic mass is 10.0. The van der Waals surface area contributed by atoms with Crippen LogP contribution in [0.2, 0.25) is 0 Å². The van der Waals surface area contributed by atoms with E-state index in [1.54, 1.807) is 0 Å². The van der Waals surface area contributed by atoms with E-state index in [0.29, 0.717) is 19.8 Å². The van der Waals surface area contributed by atoms with E-state index in [4.69, 9.17) is 15.4 Å². The van der Waals surface area contributed by atoms with Gasteiger partial charge in [-0.1, -0.05) is 0 Å². The molecule has 0 atom stereocenters. The Labute approximate surface area is 120 Å². The van der Waals surface area contributed by atoms with Crippen LogP contribution < -0.4 is 0 Å². The predicted molar refractivity (Wildman–Crippen MR) is 70.2 cm³/mol. The summed E-state index contributed by atoms with van der Waals surface area (Å²) < 4.78 is 29.5. The summed E-state index contributed by atoms with van der Waals surface area (Å²) in [6, 6.07) is 0. The van der Waals surface area contributed by atoms with Gasteiger partial charge in [0.15, 0.2) is 0 Å². The third-order valence-electron chi connectivity index (χ3n) is 3.32. The first-order valence-corrected chi connectivity index (χ1v) is 8.36. The van der Waals surface area contributed by atoms with E-state index < -0.39 is 24.7 Å². The van der Waals surface area contributed by atoms with E-state index in [1.807, 2.05) is 0 Å². The van der Waals surface area contributed by atoms with Gasteiger partial charge in [-0.25, -0.2) is 8.42 Å². The molecule has 1 aliphatic rings. The molecule has 0 aliphatic carbocycles. The fraction of sp³-hybridized carbons (Fsp3) is 0.700. The maximum absolute atomic E-state index is 11.5. The first-order valence-electron chi connectivity index (χ1n) is 6.05. The molecular weight excluding hydrogens is 310 g/mol. The zero-order chi connectivity index (χ0) is 14.9. The summed E-state index contributed by atoms with van der Waals surface area (Å²) >= 11 is 0. The van der Waals surface area contributed by atoms with Crippen molar-refractivity contribution in [3.05, 3.63) is 15.8 Å². The molecule has 0 N–H and O–H groups in total. The second kappa shape index (κ2) is 5.66. The van der Waals surface area contributed by atoms with Gasteiger partial charge < -0.3 is 14.9 Å². The highest BCUT2D eigenvalue weighted by Gasteiger charge is 2.34. The van der Waals surface area contributed by atoms with Crippen LogP contribution in [0.25, 0.3) is 0 Å². The van der Waals surface area contributed by atoms with E-state index in [9.17, 15) is 18.5 Å². The number of ether oxygens (including phenoxy) is 1. The summed E-state index contributed by atoms with van der Waals surface area (Å²) in [5, 5.41) is 14.7. The SMILES string of the molecule is Cc1c(S(=O)(=O)Cl)c([N+](=O)[O-])nn1CC1CCOCC1. The van der Waals surface area contributed by atoms with Crippen molar-refractivity contribution < 1.29 is 18.1 Å². The molecule has 112 valence electrons. The molecule has 0 unspecified atom stereocenters. The Morgan fingerprint density at radius 3 is 2.55 bits per heavy atom. The molecule has 1 aromatic heterocycles. The molecule has 0 radical (unpaired) electrons. The monoisotopic (exact) mass is 323 g/mol. The lowest BCUT2D eigenvalue weighted by Crippen LogP contribution is -2.21. The van der Waals surface area contributed by atoms with Gasteiger partial charge in [0.2, 0.25) is 4.90 Å². The van der Waals surface area contributed by atoms with Gasteiger partial charge in [0.05, 0.1) is 17.3 Å². The van der Waals surface area contributed by atoms with Gasteiger partial charge in [0.1, 0.15) is 0 Å². The van der Waals surface area contributed by atoms with Gasteiger partial charge in [-0.15, -0.1) is 0 Å². The van der Waals surface area contributed by atoms with E-state index in [-0.39, 0.29) is 11.6 Å². The molecule has 1 aromatic rings. The summed E-state index contributed by atoms with van der Waals surface area (Å²) in [5.41, 5.74) is 0.193. The van der Waals surface area contributed by atoms with Crippen molar-refractivity contribution in [2.75, 3.05) is 13.2 Å². The van der Waals surface area contributed by atoms with Crippen molar-refractivity contribution in [2.45, 2.75) is 31.2 Å². The number of hydrogen-bond acceptors (Lipinski definition) is 6. The van der Waals surface area contributed by atoms with E-state index >= 15 is 0 Å². The van der Waals surface area contributed by atoms with Gasteiger partial charge in [0, 0.05) is 23.9 Å². The Hall–Kier alpha value is -1.19. The van der Waals surface area contributed by atoms with Crippen molar-refractivity contribution in [3.63, 3.8) is 0 Å². The van der Waals surface area contributed by atoms with Crippen molar-refractivity contribution in [1.82, 2.24) is 9.78 Å². The molecule has 1 saturated heterocycles. The number of hydrogen-bond donors (Lipinski definition) is 0. The van der Waals surface area contributed by atoms with Crippen LogP contribution in [0.15, 0.2) is 4.90 Å². The van der Waals surface area contributed by atoms with E-state index in [2.05, 4.69) is 5.10 Å². The third-order valence-corrected chi connectivity index (χ3v) is 4.75. The Morgan fingerprint density at radius 1 is 1.50 bits per heavy atom. The Bertz CT molecular complexity index is 621. The van der Waals surface area contributed by atoms with Gasteiger partial charge in [-0.2, -0.15) is 4.68 Å². The molecule has 10 heteroatoms. The Balaban J connectivity index is 2.37. The number of nitro groups is 1. The molecule has 1 aliphatic heterocycles. The lowest BCUT2D eigenvalue weighted by Gasteiger charge is -2.21. The summed E-state index contributed by atoms with van der Waals surface area (Å²) in [5.74, 6) is -0.461. The smallest absolute Gasteiger partial charge is 0.381 e. The van der Waals surface area contributed by atoms with Crippen LogP contribution in [0.1, 0.15) is 18.5 Å². The summed E-state index contributed by atoms with van der Waals surface area (Å²) in [4.78, 5) is 9.56. The summed E-state index contributed by atoms with van der Waals surface area (Å²) in [7, 11) is 1.06. The summed E-state index contributed by atoms with van der Waals surface area (Å²) in [6.07, 6.45) is 1.63. The van der Waals surface area contributed by atoms with Crippen molar-refractivity contribution in [2.24, 2.45) is 5.92 Å². The summed E-state index contributed by atoms with van der Waals surface area (Å²) in [6.45, 7) is 3.15. The lowest BCUT2D eigenvalue weighted by molar-refractivity contribution is -0.392. The molecule has 2 heterocycles. The Morgan fingerprint density at radius 2 is 2.10 bits per heavy atom. The van der Waals surface area contributed by atoms with Gasteiger partial charge in [0.25, 0.3) is 9.05 Å². The molecule has 1 fully saturated rings. The molecule has 0 bridgehead atoms. The average molecular weight is 324 g/mol. The Kier molecular flexibility index (Phi) is 4.31. The number of aromatic nitrogens is 2. The second-order valence-corrected chi connectivity index (χ2v) is 7.17. The first kappa shape index (κ1) is 15.2. The highest BCUT2D eigenvalue weighted by molar-refractivity contribution is 8.13. The average Bonchev–Trinajstić information content (AvgIpc) is 2.68. The fourth-order valence-electron chi connectivity index (χ4n) is 2.27. The quantitative estimate of drug-likeness (QED) is 0.472. The largest absolute Gasteiger partial charge is 0.410 e. The maximum Gasteiger partial charge on any atom is 0.410 e. The predicted octanol–water partition coefficient (Wildman–Crippen LogP) is 1.45. The van der Waals surface area contributed by atoms with Crippen molar-refractivity contribution >= 4 is 25.6 Å². The van der Waals surface area contributed by atoms with Crippen LogP contribution in [-0.4, -0.2) is 36.3 Å². The molecular formula is C10H14ClN3O5S. The highest BCUT2D eigenvalue weighted by atomic mass is 35.7. The molecule has 0 amide bonds. The first-order chi connectivity index (χ1) is 9.30. The maximum atomic E-state index is 11.5. The topological polar surface area (TPSA) is 104 Å². The molecule has 2 rings (SSSR count). The van der Waals surface area contributed by atoms with Crippen LogP contribution in [0.5, 0.6) is 0 Å². The minimum absolute atomic E-state index is 0.193. The van der Waals surface area contributed by atoms with Crippen LogP contribution in [-0.2, 0) is 20.3 Å². The molecule has 0 aromatic carbocycles. The second-order valence-electron chi connectivity index (χ2n) is 4.67. The zero-order valence-electron chi connectivity index (χ0n) is 10.8. The minimum Gasteiger partial charge on any atom is -0.381 e. The van der Waals surface area contributed by atoms with Gasteiger partial charge >= 0.3 is 5.82 Å². The molecule has 0 saturated carbocycles. The number of nitrogens with zero attached hydrogens (tertiary/aromatic N) is 3. The molecule has 0 spiro atoms. The third kappa shape index (κ3) is 3.10. The van der Waals surface area contributed by atoms with Crippen LogP contribution in [0.4, 0.5) is 5.82 Å². The van der Waals surface area contributed by atoms with Crippen LogP contribution in [0, 0.1) is 23.0 Å². The molecule has 8 nitrogen and oxygen atoms in total. The standard InChI is InChI=1S/C10H14ClN3O5S/c1-7-9(20(11,17)18)10(14(15)16)12-13(7)6-8-2-4-19-5-3-8/h8H,2-6H2,1H3. The van der Waals surface area contributed by atoms with E-state index in [1.165, 1.54) is 11.6 Å². The zero-order valence-corrected chi connectivity index (χ0v) is 12.4. The fourth-order valence-corrected chi connectivity index (χ4v) is 3.60. The van der Waals surface area contributed by atoms with Crippen LogP contribution in [0.3, 0.4) is 0 Å². The van der Waals surface area contributed by atoms with Crippen molar-refractivity contribution in [3.8, 4) is 0 Å². The highest BCUT2D eigenvalue weighted by Crippen LogP contribution is 2.30. The number of rotatable bonds is 4. The van der Waals surface area contributed by atoms with Gasteiger partial charge in [-0.3, -0.25) is 0 Å². The minimum atomic E-state index is -4.21. The molecule has 20 heavy (non-hydrogen) atoms. The van der Waals surface area contributed by atoms with Crippen molar-refractivity contribution in [1.29, 1.82) is 0 Å². The normalized spacial score (nSPS) is 17.3. The van der Waals surface area contributed by atoms with E-state index in [0.717, 1.165) is 12.8 Å². The number of halogens is 1. The van der Waals surface area contributed by atoms with Gasteiger partial charge in [-0.05, 0) is 30.6 Å².